The summed E-state index contributed by atoms with van der Waals surface area (Å²) in [5.41, 5.74) is 5.04. The van der Waals surface area contributed by atoms with Crippen LogP contribution in [0.3, 0.4) is 0 Å². The minimum atomic E-state index is -0.292. The van der Waals surface area contributed by atoms with E-state index >= 15 is 0 Å². The lowest BCUT2D eigenvalue weighted by Crippen LogP contribution is -2.25. The molecule has 3 aromatic carbocycles. The summed E-state index contributed by atoms with van der Waals surface area (Å²) in [6.07, 6.45) is 2.19. The number of amides is 2. The van der Waals surface area contributed by atoms with E-state index in [1.807, 2.05) is 30.3 Å². The highest BCUT2D eigenvalue weighted by Gasteiger charge is 2.16. The maximum absolute atomic E-state index is 12.9. The Hall–Kier alpha value is -4.59. The highest BCUT2D eigenvalue weighted by molar-refractivity contribution is 6.03. The molecule has 0 bridgehead atoms. The van der Waals surface area contributed by atoms with E-state index in [4.69, 9.17) is 13.9 Å². The van der Waals surface area contributed by atoms with Crippen molar-refractivity contribution >= 4 is 17.5 Å². The summed E-state index contributed by atoms with van der Waals surface area (Å²) in [6, 6.07) is 18.5. The van der Waals surface area contributed by atoms with Crippen LogP contribution in [0.15, 0.2) is 71.3 Å². The number of ether oxygens (including phenoxy) is 2. The quantitative estimate of drug-likeness (QED) is 0.347. The molecule has 188 valence electrons. The first-order chi connectivity index (χ1) is 18.0. The van der Waals surface area contributed by atoms with Crippen molar-refractivity contribution < 1.29 is 23.5 Å². The Morgan fingerprint density at radius 2 is 1.78 bits per heavy atom. The number of aryl methyl sites for hydroxylation is 3. The molecule has 0 spiro atoms. The first kappa shape index (κ1) is 24.1. The molecule has 4 aromatic rings. The second-order valence-electron chi connectivity index (χ2n) is 8.88. The number of carbonyl (C=O) groups is 2. The average Bonchev–Trinajstić information content (AvgIpc) is 3.57. The van der Waals surface area contributed by atoms with Crippen LogP contribution in [0.5, 0.6) is 11.5 Å². The van der Waals surface area contributed by atoms with Crippen LogP contribution in [0.1, 0.15) is 39.4 Å². The number of hydrogen-bond donors (Lipinski definition) is 2. The van der Waals surface area contributed by atoms with Crippen molar-refractivity contribution in [1.29, 1.82) is 0 Å². The molecule has 0 atom stereocenters. The van der Waals surface area contributed by atoms with Gasteiger partial charge in [-0.1, -0.05) is 30.3 Å². The average molecular weight is 498 g/mol. The minimum absolute atomic E-state index is 0.167. The summed E-state index contributed by atoms with van der Waals surface area (Å²) >= 11 is 0. The van der Waals surface area contributed by atoms with E-state index in [0.717, 1.165) is 11.1 Å². The zero-order chi connectivity index (χ0) is 25.8. The Bertz CT molecular complexity index is 1460. The number of nitrogens with one attached hydrogen (secondary N) is 2. The summed E-state index contributed by atoms with van der Waals surface area (Å²) in [5, 5.41) is 5.73. The van der Waals surface area contributed by atoms with Crippen LogP contribution in [0.2, 0.25) is 0 Å². The lowest BCUT2D eigenvalue weighted by molar-refractivity contribution is -0.116. The van der Waals surface area contributed by atoms with Crippen LogP contribution < -0.4 is 20.1 Å². The van der Waals surface area contributed by atoms with E-state index in [1.165, 1.54) is 11.1 Å². The predicted molar refractivity (Wildman–Crippen MR) is 139 cm³/mol. The number of rotatable bonds is 8. The van der Waals surface area contributed by atoms with Gasteiger partial charge in [0.15, 0.2) is 23.1 Å². The number of anilines is 1. The third kappa shape index (κ3) is 5.64. The molecule has 1 aliphatic heterocycles. The normalized spacial score (nSPS) is 11.8. The number of carbonyl (C=O) groups excluding carboxylic acids is 2. The number of para-hydroxylation sites is 1. The maximum atomic E-state index is 12.9. The van der Waals surface area contributed by atoms with Crippen LogP contribution in [-0.2, 0) is 17.8 Å². The van der Waals surface area contributed by atoms with Gasteiger partial charge in [-0.05, 0) is 60.9 Å². The Morgan fingerprint density at radius 3 is 2.65 bits per heavy atom. The van der Waals surface area contributed by atoms with E-state index in [2.05, 4.69) is 35.5 Å². The van der Waals surface area contributed by atoms with Gasteiger partial charge in [0, 0.05) is 24.9 Å². The van der Waals surface area contributed by atoms with Crippen LogP contribution in [0.4, 0.5) is 5.69 Å². The van der Waals surface area contributed by atoms with E-state index in [0.29, 0.717) is 47.4 Å². The number of oxazole rings is 1. The number of nitrogens with zero attached hydrogens (tertiary/aromatic N) is 1. The van der Waals surface area contributed by atoms with Crippen LogP contribution in [-0.4, -0.2) is 23.6 Å². The third-order valence-electron chi connectivity index (χ3n) is 6.25. The molecule has 1 aliphatic rings. The van der Waals surface area contributed by atoms with E-state index in [9.17, 15) is 9.59 Å². The van der Waals surface area contributed by atoms with Gasteiger partial charge >= 0.3 is 0 Å². The van der Waals surface area contributed by atoms with Crippen LogP contribution in [0.25, 0.3) is 11.3 Å². The van der Waals surface area contributed by atoms with Crippen LogP contribution >= 0.6 is 0 Å². The van der Waals surface area contributed by atoms with E-state index < -0.39 is 0 Å². The van der Waals surface area contributed by atoms with Gasteiger partial charge < -0.3 is 24.5 Å². The fourth-order valence-electron chi connectivity index (χ4n) is 4.01. The Labute approximate surface area is 214 Å². The minimum Gasteiger partial charge on any atom is -0.454 e. The smallest absolute Gasteiger partial charge is 0.253 e. The topological polar surface area (TPSA) is 103 Å². The molecule has 0 radical (unpaired) electrons. The molecule has 5 rings (SSSR count). The molecule has 0 fully saturated rings. The van der Waals surface area contributed by atoms with Crippen molar-refractivity contribution in [3.63, 3.8) is 0 Å². The number of aromatic nitrogens is 1. The number of hydrogen-bond acceptors (Lipinski definition) is 6. The van der Waals surface area contributed by atoms with Crippen molar-refractivity contribution in [2.24, 2.45) is 0 Å². The van der Waals surface area contributed by atoms with Gasteiger partial charge in [0.05, 0.1) is 17.4 Å². The van der Waals surface area contributed by atoms with Gasteiger partial charge in [-0.15, -0.1) is 0 Å². The van der Waals surface area contributed by atoms with Gasteiger partial charge in [-0.2, -0.15) is 0 Å². The largest absolute Gasteiger partial charge is 0.454 e. The van der Waals surface area contributed by atoms with E-state index in [-0.39, 0.29) is 25.0 Å². The summed E-state index contributed by atoms with van der Waals surface area (Å²) in [6.45, 7) is 4.62. The third-order valence-corrected chi connectivity index (χ3v) is 6.25. The second-order valence-corrected chi connectivity index (χ2v) is 8.88. The van der Waals surface area contributed by atoms with Crippen molar-refractivity contribution in [1.82, 2.24) is 10.3 Å². The van der Waals surface area contributed by atoms with Gasteiger partial charge in [0.2, 0.25) is 12.7 Å². The molecule has 8 nitrogen and oxygen atoms in total. The molecule has 0 saturated heterocycles. The molecule has 8 heteroatoms. The van der Waals surface area contributed by atoms with Gasteiger partial charge in [-0.25, -0.2) is 4.98 Å². The summed E-state index contributed by atoms with van der Waals surface area (Å²) in [5.74, 6) is 1.98. The summed E-state index contributed by atoms with van der Waals surface area (Å²) in [7, 11) is 0. The molecular formula is C29H27N3O5. The van der Waals surface area contributed by atoms with Gasteiger partial charge in [0.1, 0.15) is 0 Å². The predicted octanol–water partition coefficient (Wildman–Crippen LogP) is 5.19. The van der Waals surface area contributed by atoms with Gasteiger partial charge in [0.25, 0.3) is 5.91 Å². The lowest BCUT2D eigenvalue weighted by atomic mass is 10.1. The van der Waals surface area contributed by atoms with Gasteiger partial charge in [-0.3, -0.25) is 9.59 Å². The second kappa shape index (κ2) is 10.6. The SMILES string of the molecule is Cc1ccc(-c2cnc(CCC(=O)Nc3ccccc3C(=O)NCc3ccc4c(c3)OCO4)o2)cc1C. The Balaban J connectivity index is 1.17. The molecule has 2 amide bonds. The highest BCUT2D eigenvalue weighted by atomic mass is 16.7. The Kier molecular flexibility index (Phi) is 6.89. The highest BCUT2D eigenvalue weighted by Crippen LogP contribution is 2.32. The Morgan fingerprint density at radius 1 is 0.946 bits per heavy atom. The molecule has 2 N–H and O–H groups in total. The zero-order valence-corrected chi connectivity index (χ0v) is 20.7. The maximum Gasteiger partial charge on any atom is 0.253 e. The number of fused-ring (bicyclic) bond motifs is 1. The molecular weight excluding hydrogens is 470 g/mol. The van der Waals surface area contributed by atoms with Crippen molar-refractivity contribution in [2.45, 2.75) is 33.2 Å². The summed E-state index contributed by atoms with van der Waals surface area (Å²) < 4.78 is 16.6. The zero-order valence-electron chi connectivity index (χ0n) is 20.7. The standard InChI is InChI=1S/C29H27N3O5/c1-18-7-9-21(13-19(18)2)26-16-30-28(37-26)12-11-27(33)32-23-6-4-3-5-22(23)29(34)31-15-20-8-10-24-25(14-20)36-17-35-24/h3-10,13-14,16H,11-12,15,17H2,1-2H3,(H,31,34)(H,32,33). The molecule has 0 saturated carbocycles. The van der Waals surface area contributed by atoms with Crippen molar-refractivity contribution in [3.05, 3.63) is 95.0 Å². The fraction of sp³-hybridized carbons (Fsp3) is 0.207. The molecule has 1 aromatic heterocycles. The number of benzene rings is 3. The monoisotopic (exact) mass is 497 g/mol. The van der Waals surface area contributed by atoms with Crippen molar-refractivity contribution in [3.8, 4) is 22.8 Å². The van der Waals surface area contributed by atoms with Crippen LogP contribution in [0, 0.1) is 13.8 Å². The molecule has 0 unspecified atom stereocenters. The lowest BCUT2D eigenvalue weighted by Gasteiger charge is -2.11. The van der Waals surface area contributed by atoms with Crippen molar-refractivity contribution in [2.75, 3.05) is 12.1 Å². The summed E-state index contributed by atoms with van der Waals surface area (Å²) in [4.78, 5) is 29.9. The first-order valence-corrected chi connectivity index (χ1v) is 12.0. The molecule has 2 heterocycles. The molecule has 37 heavy (non-hydrogen) atoms. The first-order valence-electron chi connectivity index (χ1n) is 12.0. The molecule has 0 aliphatic carbocycles. The van der Waals surface area contributed by atoms with E-state index in [1.54, 1.807) is 30.5 Å². The fourth-order valence-corrected chi connectivity index (χ4v) is 4.01.